The summed E-state index contributed by atoms with van der Waals surface area (Å²) in [4.78, 5) is 11.2. The number of rotatable bonds is 6. The van der Waals surface area contributed by atoms with Crippen LogP contribution < -0.4 is 4.74 Å². The Balaban J connectivity index is 2.28. The summed E-state index contributed by atoms with van der Waals surface area (Å²) in [7, 11) is 0. The number of para-hydroxylation sites is 1. The van der Waals surface area contributed by atoms with Crippen LogP contribution in [0.1, 0.15) is 13.3 Å². The molecule has 1 unspecified atom stereocenters. The molecule has 0 aliphatic heterocycles. The van der Waals surface area contributed by atoms with Gasteiger partial charge in [0.25, 0.3) is 0 Å². The Hall–Kier alpha value is -2.59. The maximum Gasteiger partial charge on any atom is 0.334 e. The third-order valence-corrected chi connectivity index (χ3v) is 3.09. The summed E-state index contributed by atoms with van der Waals surface area (Å²) in [6, 6.07) is 17.1. The summed E-state index contributed by atoms with van der Waals surface area (Å²) in [6.07, 6.45) is 0.481. The number of benzene rings is 2. The Morgan fingerprint density at radius 2 is 1.77 bits per heavy atom. The summed E-state index contributed by atoms with van der Waals surface area (Å²) < 4.78 is 5.56. The van der Waals surface area contributed by atoms with E-state index in [1.165, 1.54) is 13.2 Å². The number of aliphatic hydroxyl groups is 1. The minimum Gasteiger partial charge on any atom is -0.478 e. The highest BCUT2D eigenvalue weighted by molar-refractivity contribution is 5.86. The van der Waals surface area contributed by atoms with E-state index < -0.39 is 12.1 Å². The fraction of sp³-hybridized carbons (Fsp3) is 0.167. The topological polar surface area (TPSA) is 66.8 Å². The molecule has 0 saturated carbocycles. The zero-order chi connectivity index (χ0) is 15.9. The molecule has 1 atom stereocenters. The van der Waals surface area contributed by atoms with Crippen molar-refractivity contribution < 1.29 is 19.7 Å². The van der Waals surface area contributed by atoms with Gasteiger partial charge in [0.15, 0.2) is 0 Å². The minimum absolute atomic E-state index is 0.0258. The second-order valence-corrected chi connectivity index (χ2v) is 4.98. The van der Waals surface area contributed by atoms with Gasteiger partial charge in [-0.3, -0.25) is 0 Å². The van der Waals surface area contributed by atoms with Crippen LogP contribution in [0.2, 0.25) is 0 Å². The van der Waals surface area contributed by atoms with E-state index in [2.05, 4.69) is 0 Å². The SMILES string of the molecule is CC(O)CC(=COc1ccccc1-c1ccccc1)C(=O)O. The van der Waals surface area contributed by atoms with Gasteiger partial charge in [0.1, 0.15) is 12.0 Å². The molecule has 0 radical (unpaired) electrons. The molecule has 0 fully saturated rings. The predicted octanol–water partition coefficient (Wildman–Crippen LogP) is 3.47. The maximum atomic E-state index is 11.2. The summed E-state index contributed by atoms with van der Waals surface area (Å²) in [5.74, 6) is -0.531. The molecule has 0 heterocycles. The van der Waals surface area contributed by atoms with E-state index >= 15 is 0 Å². The Morgan fingerprint density at radius 3 is 2.41 bits per heavy atom. The van der Waals surface area contributed by atoms with Gasteiger partial charge in [-0.25, -0.2) is 4.79 Å². The lowest BCUT2D eigenvalue weighted by molar-refractivity contribution is -0.133. The second kappa shape index (κ2) is 7.43. The van der Waals surface area contributed by atoms with Crippen LogP contribution >= 0.6 is 0 Å². The molecule has 0 aliphatic carbocycles. The molecule has 0 amide bonds. The Morgan fingerprint density at radius 1 is 1.14 bits per heavy atom. The first-order valence-electron chi connectivity index (χ1n) is 6.99. The van der Waals surface area contributed by atoms with E-state index in [4.69, 9.17) is 9.84 Å². The number of hydrogen-bond acceptors (Lipinski definition) is 3. The molecule has 4 nitrogen and oxygen atoms in total. The smallest absolute Gasteiger partial charge is 0.334 e. The summed E-state index contributed by atoms with van der Waals surface area (Å²) >= 11 is 0. The predicted molar refractivity (Wildman–Crippen MR) is 84.5 cm³/mol. The minimum atomic E-state index is -1.10. The summed E-state index contributed by atoms with van der Waals surface area (Å²) in [6.45, 7) is 1.54. The standard InChI is InChI=1S/C18H18O4/c1-13(19)11-15(18(20)21)12-22-17-10-6-5-9-16(17)14-7-3-2-4-8-14/h2-10,12-13,19H,11H2,1H3,(H,20,21). The van der Waals surface area contributed by atoms with E-state index in [0.29, 0.717) is 5.75 Å². The largest absolute Gasteiger partial charge is 0.478 e. The van der Waals surface area contributed by atoms with Gasteiger partial charge in [-0.2, -0.15) is 0 Å². The molecule has 2 N–H and O–H groups in total. The highest BCUT2D eigenvalue weighted by atomic mass is 16.5. The van der Waals surface area contributed by atoms with Gasteiger partial charge in [0.2, 0.25) is 0 Å². The lowest BCUT2D eigenvalue weighted by Crippen LogP contribution is -2.10. The van der Waals surface area contributed by atoms with Gasteiger partial charge >= 0.3 is 5.97 Å². The normalized spacial score (nSPS) is 12.7. The summed E-state index contributed by atoms with van der Waals surface area (Å²) in [5.41, 5.74) is 1.89. The fourth-order valence-electron chi connectivity index (χ4n) is 2.06. The number of carboxylic acid groups (broad SMARTS) is 1. The number of carboxylic acids is 1. The van der Waals surface area contributed by atoms with Gasteiger partial charge < -0.3 is 14.9 Å². The van der Waals surface area contributed by atoms with E-state index in [1.807, 2.05) is 48.5 Å². The highest BCUT2D eigenvalue weighted by Gasteiger charge is 2.12. The highest BCUT2D eigenvalue weighted by Crippen LogP contribution is 2.30. The van der Waals surface area contributed by atoms with Gasteiger partial charge in [-0.15, -0.1) is 0 Å². The zero-order valence-electron chi connectivity index (χ0n) is 12.3. The molecule has 4 heteroatoms. The van der Waals surface area contributed by atoms with Crippen molar-refractivity contribution in [3.8, 4) is 16.9 Å². The first kappa shape index (κ1) is 15.8. The average molecular weight is 298 g/mol. The van der Waals surface area contributed by atoms with Crippen LogP contribution in [0.5, 0.6) is 5.75 Å². The fourth-order valence-corrected chi connectivity index (χ4v) is 2.06. The molecule has 0 saturated heterocycles. The van der Waals surface area contributed by atoms with E-state index in [1.54, 1.807) is 6.07 Å². The van der Waals surface area contributed by atoms with Crippen LogP contribution in [-0.2, 0) is 4.79 Å². The molecular formula is C18H18O4. The first-order valence-corrected chi connectivity index (χ1v) is 6.99. The van der Waals surface area contributed by atoms with Gasteiger partial charge in [0, 0.05) is 12.0 Å². The summed E-state index contributed by atoms with van der Waals surface area (Å²) in [5, 5.41) is 18.5. The first-order chi connectivity index (χ1) is 10.6. The molecule has 2 rings (SSSR count). The van der Waals surface area contributed by atoms with Crippen LogP contribution in [0.3, 0.4) is 0 Å². The zero-order valence-corrected chi connectivity index (χ0v) is 12.3. The maximum absolute atomic E-state index is 11.2. The van der Waals surface area contributed by atoms with Crippen molar-refractivity contribution in [2.45, 2.75) is 19.4 Å². The molecule has 2 aromatic rings. The number of aliphatic hydroxyl groups excluding tert-OH is 1. The average Bonchev–Trinajstić information content (AvgIpc) is 2.52. The van der Waals surface area contributed by atoms with E-state index in [0.717, 1.165) is 11.1 Å². The van der Waals surface area contributed by atoms with Crippen LogP contribution in [0.4, 0.5) is 0 Å². The van der Waals surface area contributed by atoms with Crippen molar-refractivity contribution in [1.82, 2.24) is 0 Å². The monoisotopic (exact) mass is 298 g/mol. The third-order valence-electron chi connectivity index (χ3n) is 3.09. The molecular weight excluding hydrogens is 280 g/mol. The Kier molecular flexibility index (Phi) is 5.33. The van der Waals surface area contributed by atoms with Crippen molar-refractivity contribution in [3.05, 3.63) is 66.4 Å². The third kappa shape index (κ3) is 4.20. The number of hydrogen-bond donors (Lipinski definition) is 2. The van der Waals surface area contributed by atoms with Crippen LogP contribution in [0, 0.1) is 0 Å². The molecule has 0 aromatic heterocycles. The number of ether oxygens (including phenoxy) is 1. The van der Waals surface area contributed by atoms with Crippen LogP contribution in [0.25, 0.3) is 11.1 Å². The van der Waals surface area contributed by atoms with Crippen LogP contribution in [0.15, 0.2) is 66.4 Å². The molecule has 0 spiro atoms. The lowest BCUT2D eigenvalue weighted by atomic mass is 10.1. The van der Waals surface area contributed by atoms with Crippen molar-refractivity contribution in [2.75, 3.05) is 0 Å². The number of carbonyl (C=O) groups is 1. The van der Waals surface area contributed by atoms with E-state index in [9.17, 15) is 9.90 Å². The molecule has 2 aromatic carbocycles. The van der Waals surface area contributed by atoms with Gasteiger partial charge in [-0.1, -0.05) is 48.5 Å². The van der Waals surface area contributed by atoms with Crippen molar-refractivity contribution in [3.63, 3.8) is 0 Å². The molecule has 114 valence electrons. The van der Waals surface area contributed by atoms with Gasteiger partial charge in [-0.05, 0) is 18.6 Å². The second-order valence-electron chi connectivity index (χ2n) is 4.98. The van der Waals surface area contributed by atoms with Crippen LogP contribution in [-0.4, -0.2) is 22.3 Å². The van der Waals surface area contributed by atoms with Gasteiger partial charge in [0.05, 0.1) is 11.7 Å². The van der Waals surface area contributed by atoms with Crippen molar-refractivity contribution >= 4 is 5.97 Å². The molecule has 0 bridgehead atoms. The molecule has 0 aliphatic rings. The molecule has 22 heavy (non-hydrogen) atoms. The number of aliphatic carboxylic acids is 1. The quantitative estimate of drug-likeness (QED) is 0.633. The Bertz CT molecular complexity index is 660. The lowest BCUT2D eigenvalue weighted by Gasteiger charge is -2.10. The van der Waals surface area contributed by atoms with E-state index in [-0.39, 0.29) is 12.0 Å². The Labute approximate surface area is 129 Å². The van der Waals surface area contributed by atoms with Crippen molar-refractivity contribution in [1.29, 1.82) is 0 Å². The van der Waals surface area contributed by atoms with Crippen molar-refractivity contribution in [2.24, 2.45) is 0 Å².